The Kier molecular flexibility index (Phi) is 5.30. The van der Waals surface area contributed by atoms with Crippen LogP contribution in [0.3, 0.4) is 0 Å². The Hall–Kier alpha value is -2.05. The number of hydrogen-bond acceptors (Lipinski definition) is 5. The molecule has 1 aromatic carbocycles. The van der Waals surface area contributed by atoms with E-state index in [4.69, 9.17) is 25.9 Å². The number of rotatable bonds is 6. The topological polar surface area (TPSA) is 88.8 Å². The Morgan fingerprint density at radius 2 is 2.16 bits per heavy atom. The van der Waals surface area contributed by atoms with E-state index in [1.165, 1.54) is 0 Å². The molecule has 1 amide bonds. The summed E-state index contributed by atoms with van der Waals surface area (Å²) in [6, 6.07) is 3.30. The van der Waals surface area contributed by atoms with Crippen LogP contribution in [0.4, 0.5) is 0 Å². The number of benzene rings is 1. The van der Waals surface area contributed by atoms with E-state index in [2.05, 4.69) is 5.32 Å². The van der Waals surface area contributed by atoms with Gasteiger partial charge in [-0.3, -0.25) is 4.79 Å². The van der Waals surface area contributed by atoms with E-state index in [0.29, 0.717) is 29.3 Å². The van der Waals surface area contributed by atoms with Gasteiger partial charge < -0.3 is 19.6 Å². The highest BCUT2D eigenvalue weighted by molar-refractivity contribution is 6.32. The van der Waals surface area contributed by atoms with Gasteiger partial charge in [0.2, 0.25) is 0 Å². The van der Waals surface area contributed by atoms with E-state index in [0.717, 1.165) is 35.8 Å². The van der Waals surface area contributed by atoms with Gasteiger partial charge >= 0.3 is 5.63 Å². The van der Waals surface area contributed by atoms with Gasteiger partial charge in [-0.05, 0) is 44.2 Å². The van der Waals surface area contributed by atoms with Crippen molar-refractivity contribution >= 4 is 28.5 Å². The molecule has 2 N–H and O–H groups in total. The number of halogens is 1. The molecule has 1 atom stereocenters. The minimum Gasteiger partial charge on any atom is -0.479 e. The smallest absolute Gasteiger partial charge is 0.339 e. The van der Waals surface area contributed by atoms with Crippen LogP contribution in [0.2, 0.25) is 5.02 Å². The van der Waals surface area contributed by atoms with Crippen molar-refractivity contribution in [1.82, 2.24) is 5.32 Å². The molecule has 1 heterocycles. The largest absolute Gasteiger partial charge is 0.479 e. The quantitative estimate of drug-likeness (QED) is 0.605. The van der Waals surface area contributed by atoms with Gasteiger partial charge in [0, 0.05) is 30.2 Å². The van der Waals surface area contributed by atoms with Crippen LogP contribution in [-0.4, -0.2) is 30.3 Å². The summed E-state index contributed by atoms with van der Waals surface area (Å²) in [5.41, 5.74) is 1.82. The predicted molar refractivity (Wildman–Crippen MR) is 94.3 cm³/mol. The number of aliphatic hydroxyl groups is 1. The molecule has 0 radical (unpaired) electrons. The number of nitrogens with one attached hydrogen (secondary N) is 1. The summed E-state index contributed by atoms with van der Waals surface area (Å²) in [4.78, 5) is 24.0. The first-order chi connectivity index (χ1) is 12.0. The third-order valence-electron chi connectivity index (χ3n) is 4.33. The zero-order valence-electron chi connectivity index (χ0n) is 13.9. The number of carbonyl (C=O) groups is 1. The van der Waals surface area contributed by atoms with Crippen LogP contribution in [0.25, 0.3) is 11.0 Å². The first-order valence-electron chi connectivity index (χ1n) is 8.34. The van der Waals surface area contributed by atoms with Crippen LogP contribution >= 0.6 is 11.6 Å². The van der Waals surface area contributed by atoms with Crippen molar-refractivity contribution in [3.8, 4) is 5.75 Å². The van der Waals surface area contributed by atoms with Crippen LogP contribution in [0.1, 0.15) is 30.9 Å². The van der Waals surface area contributed by atoms with Gasteiger partial charge in [-0.25, -0.2) is 4.79 Å². The van der Waals surface area contributed by atoms with E-state index in [1.54, 1.807) is 19.1 Å². The second kappa shape index (κ2) is 7.45. The Morgan fingerprint density at radius 3 is 2.92 bits per heavy atom. The summed E-state index contributed by atoms with van der Waals surface area (Å²) >= 11 is 6.31. The van der Waals surface area contributed by atoms with Gasteiger partial charge in [0.25, 0.3) is 5.91 Å². The standard InChI is InChI=1S/C18H20ClNO5/c1-10(17(22)20-6-3-7-21)24-16-9-15-13(8-14(16)19)11-4-2-5-12(11)18(23)25-15/h8-10,21H,2-7H2,1H3,(H,20,22)/t10-/m1/s1. The molecule has 6 nitrogen and oxygen atoms in total. The molecule has 0 spiro atoms. The van der Waals surface area contributed by atoms with Crippen molar-refractivity contribution in [3.05, 3.63) is 38.7 Å². The predicted octanol–water partition coefficient (Wildman–Crippen LogP) is 2.20. The van der Waals surface area contributed by atoms with Gasteiger partial charge in [0.15, 0.2) is 6.10 Å². The van der Waals surface area contributed by atoms with E-state index in [1.807, 2.05) is 0 Å². The Bertz CT molecular complexity index is 861. The van der Waals surface area contributed by atoms with Gasteiger partial charge in [-0.2, -0.15) is 0 Å². The molecule has 0 fully saturated rings. The SMILES string of the molecule is C[C@@H](Oc1cc2oc(=O)c3c(c2cc1Cl)CCC3)C(=O)NCCCO. The number of hydrogen-bond donors (Lipinski definition) is 2. The van der Waals surface area contributed by atoms with E-state index < -0.39 is 6.10 Å². The summed E-state index contributed by atoms with van der Waals surface area (Å²) in [5, 5.41) is 12.6. The van der Waals surface area contributed by atoms with Crippen molar-refractivity contribution in [1.29, 1.82) is 0 Å². The van der Waals surface area contributed by atoms with Gasteiger partial charge in [0.05, 0.1) is 5.02 Å². The first kappa shape index (κ1) is 17.8. The Balaban J connectivity index is 1.85. The van der Waals surface area contributed by atoms with Crippen LogP contribution in [0.5, 0.6) is 5.75 Å². The fourth-order valence-electron chi connectivity index (χ4n) is 3.05. The molecule has 1 aromatic heterocycles. The van der Waals surface area contributed by atoms with Gasteiger partial charge in [-0.15, -0.1) is 0 Å². The van der Waals surface area contributed by atoms with Crippen molar-refractivity contribution in [2.75, 3.05) is 13.2 Å². The number of carbonyl (C=O) groups excluding carboxylic acids is 1. The first-order valence-corrected chi connectivity index (χ1v) is 8.72. The second-order valence-electron chi connectivity index (χ2n) is 6.11. The lowest BCUT2D eigenvalue weighted by Gasteiger charge is -2.16. The number of amides is 1. The average molecular weight is 366 g/mol. The van der Waals surface area contributed by atoms with Crippen molar-refractivity contribution in [3.63, 3.8) is 0 Å². The third kappa shape index (κ3) is 3.65. The number of aryl methyl sites for hydroxylation is 1. The highest BCUT2D eigenvalue weighted by Gasteiger charge is 2.22. The third-order valence-corrected chi connectivity index (χ3v) is 4.63. The highest BCUT2D eigenvalue weighted by atomic mass is 35.5. The van der Waals surface area contributed by atoms with Gasteiger partial charge in [0.1, 0.15) is 11.3 Å². The maximum atomic E-state index is 12.1. The van der Waals surface area contributed by atoms with E-state index >= 15 is 0 Å². The fourth-order valence-corrected chi connectivity index (χ4v) is 3.26. The summed E-state index contributed by atoms with van der Waals surface area (Å²) in [5.74, 6) is -0.0138. The molecule has 0 unspecified atom stereocenters. The van der Waals surface area contributed by atoms with Crippen molar-refractivity contribution in [2.45, 2.75) is 38.7 Å². The van der Waals surface area contributed by atoms with Gasteiger partial charge in [-0.1, -0.05) is 11.6 Å². The molecule has 134 valence electrons. The normalized spacial score (nSPS) is 14.4. The zero-order valence-corrected chi connectivity index (χ0v) is 14.7. The van der Waals surface area contributed by atoms with E-state index in [-0.39, 0.29) is 18.1 Å². The van der Waals surface area contributed by atoms with Crippen LogP contribution in [0.15, 0.2) is 21.3 Å². The monoisotopic (exact) mass is 365 g/mol. The fraction of sp³-hybridized carbons (Fsp3) is 0.444. The zero-order chi connectivity index (χ0) is 18.0. The maximum absolute atomic E-state index is 12.1. The summed E-state index contributed by atoms with van der Waals surface area (Å²) < 4.78 is 11.0. The van der Waals surface area contributed by atoms with Crippen molar-refractivity contribution < 1.29 is 19.1 Å². The molecule has 0 saturated carbocycles. The molecule has 0 bridgehead atoms. The van der Waals surface area contributed by atoms with Crippen molar-refractivity contribution in [2.24, 2.45) is 0 Å². The minimum atomic E-state index is -0.769. The molecular formula is C18H20ClNO5. The Labute approximate surface area is 149 Å². The molecule has 2 aromatic rings. The number of ether oxygens (including phenoxy) is 1. The van der Waals surface area contributed by atoms with E-state index in [9.17, 15) is 9.59 Å². The molecule has 1 aliphatic rings. The lowest BCUT2D eigenvalue weighted by atomic mass is 10.1. The average Bonchev–Trinajstić information content (AvgIpc) is 3.07. The lowest BCUT2D eigenvalue weighted by molar-refractivity contribution is -0.127. The Morgan fingerprint density at radius 1 is 1.40 bits per heavy atom. The van der Waals surface area contributed by atoms with Crippen LogP contribution in [0, 0.1) is 0 Å². The lowest BCUT2D eigenvalue weighted by Crippen LogP contribution is -2.37. The summed E-state index contributed by atoms with van der Waals surface area (Å²) in [6.07, 6.45) is 2.20. The minimum absolute atomic E-state index is 0.00930. The maximum Gasteiger partial charge on any atom is 0.339 e. The molecule has 3 rings (SSSR count). The molecule has 7 heteroatoms. The van der Waals surface area contributed by atoms with Crippen LogP contribution in [-0.2, 0) is 17.6 Å². The van der Waals surface area contributed by atoms with Crippen LogP contribution < -0.4 is 15.7 Å². The number of aliphatic hydroxyl groups excluding tert-OH is 1. The molecule has 0 aliphatic heterocycles. The molecule has 0 saturated heterocycles. The summed E-state index contributed by atoms with van der Waals surface area (Å²) in [6.45, 7) is 1.98. The molecule has 1 aliphatic carbocycles. The molecular weight excluding hydrogens is 346 g/mol. The number of fused-ring (bicyclic) bond motifs is 3. The highest BCUT2D eigenvalue weighted by Crippen LogP contribution is 2.35. The summed E-state index contributed by atoms with van der Waals surface area (Å²) in [7, 11) is 0. The second-order valence-corrected chi connectivity index (χ2v) is 6.51. The molecule has 25 heavy (non-hydrogen) atoms.